The monoisotopic (exact) mass is 220 g/mol. The van der Waals surface area contributed by atoms with Gasteiger partial charge < -0.3 is 10.6 Å². The molecule has 3 nitrogen and oxygen atoms in total. The lowest BCUT2D eigenvalue weighted by atomic mass is 10.1. The van der Waals surface area contributed by atoms with Gasteiger partial charge in [0.25, 0.3) is 0 Å². The van der Waals surface area contributed by atoms with Crippen molar-refractivity contribution in [3.05, 3.63) is 29.8 Å². The molecule has 1 atom stereocenters. The van der Waals surface area contributed by atoms with E-state index in [1.54, 1.807) is 0 Å². The van der Waals surface area contributed by atoms with Gasteiger partial charge in [0, 0.05) is 18.2 Å². The van der Waals surface area contributed by atoms with E-state index >= 15 is 0 Å². The summed E-state index contributed by atoms with van der Waals surface area (Å²) < 4.78 is 0. The van der Waals surface area contributed by atoms with E-state index in [4.69, 9.17) is 0 Å². The summed E-state index contributed by atoms with van der Waals surface area (Å²) in [5.74, 6) is 0.0365. The van der Waals surface area contributed by atoms with Crippen LogP contribution in [0.1, 0.15) is 19.4 Å². The maximum Gasteiger partial charge on any atom is 0.228 e. The molecular weight excluding hydrogens is 200 g/mol. The third kappa shape index (κ3) is 3.66. The van der Waals surface area contributed by atoms with Crippen molar-refractivity contribution in [1.82, 2.24) is 5.32 Å². The molecule has 1 rings (SSSR count). The normalized spacial score (nSPS) is 12.2. The van der Waals surface area contributed by atoms with Crippen LogP contribution in [0.25, 0.3) is 0 Å². The smallest absolute Gasteiger partial charge is 0.228 e. The fourth-order valence-corrected chi connectivity index (χ4v) is 1.49. The maximum absolute atomic E-state index is 11.7. The minimum Gasteiger partial charge on any atom is -0.326 e. The molecular formula is C13H20N2O. The first kappa shape index (κ1) is 12.7. The highest BCUT2D eigenvalue weighted by atomic mass is 16.1. The molecule has 1 amide bonds. The molecule has 0 aliphatic heterocycles. The molecule has 16 heavy (non-hydrogen) atoms. The van der Waals surface area contributed by atoms with Crippen LogP contribution in [-0.2, 0) is 11.2 Å². The van der Waals surface area contributed by atoms with E-state index in [-0.39, 0.29) is 11.8 Å². The molecule has 0 aromatic heterocycles. The summed E-state index contributed by atoms with van der Waals surface area (Å²) in [5.41, 5.74) is 2.14. The Morgan fingerprint density at radius 1 is 1.31 bits per heavy atom. The average Bonchev–Trinajstić information content (AvgIpc) is 2.30. The molecule has 1 unspecified atom stereocenters. The zero-order valence-corrected chi connectivity index (χ0v) is 10.2. The Labute approximate surface area is 97.2 Å². The summed E-state index contributed by atoms with van der Waals surface area (Å²) in [5, 5.41) is 5.89. The van der Waals surface area contributed by atoms with Crippen LogP contribution in [0.4, 0.5) is 5.69 Å². The molecule has 0 aliphatic rings. The number of carbonyl (C=O) groups is 1. The largest absolute Gasteiger partial charge is 0.326 e. The number of rotatable bonds is 5. The zero-order valence-electron chi connectivity index (χ0n) is 10.2. The summed E-state index contributed by atoms with van der Waals surface area (Å²) in [6, 6.07) is 7.97. The Kier molecular flexibility index (Phi) is 4.99. The minimum atomic E-state index is -0.0177. The summed E-state index contributed by atoms with van der Waals surface area (Å²) >= 11 is 0. The molecule has 88 valence electrons. The number of carbonyl (C=O) groups excluding carboxylic acids is 1. The molecule has 0 radical (unpaired) electrons. The number of aryl methyl sites for hydroxylation is 1. The van der Waals surface area contributed by atoms with Gasteiger partial charge in [0.2, 0.25) is 5.91 Å². The van der Waals surface area contributed by atoms with Gasteiger partial charge in [0.05, 0.1) is 0 Å². The summed E-state index contributed by atoms with van der Waals surface area (Å²) in [6.07, 6.45) is 1.02. The Morgan fingerprint density at radius 3 is 2.44 bits per heavy atom. The van der Waals surface area contributed by atoms with Gasteiger partial charge in [-0.05, 0) is 31.2 Å². The fraction of sp³-hybridized carbons (Fsp3) is 0.462. The van der Waals surface area contributed by atoms with Crippen molar-refractivity contribution >= 4 is 11.6 Å². The Hall–Kier alpha value is -1.35. The second kappa shape index (κ2) is 6.28. The van der Waals surface area contributed by atoms with E-state index in [1.165, 1.54) is 5.56 Å². The van der Waals surface area contributed by atoms with E-state index in [0.29, 0.717) is 6.54 Å². The van der Waals surface area contributed by atoms with Crippen molar-refractivity contribution in [1.29, 1.82) is 0 Å². The van der Waals surface area contributed by atoms with Crippen LogP contribution in [0.3, 0.4) is 0 Å². The van der Waals surface area contributed by atoms with Crippen LogP contribution in [-0.4, -0.2) is 19.5 Å². The molecule has 3 heteroatoms. The molecule has 0 heterocycles. The highest BCUT2D eigenvalue weighted by molar-refractivity contribution is 5.92. The molecule has 1 aromatic rings. The third-order valence-corrected chi connectivity index (χ3v) is 2.59. The highest BCUT2D eigenvalue weighted by Crippen LogP contribution is 2.11. The predicted octanol–water partition coefficient (Wildman–Crippen LogP) is 2.04. The lowest BCUT2D eigenvalue weighted by Crippen LogP contribution is -2.28. The first-order chi connectivity index (χ1) is 7.67. The number of amides is 1. The molecule has 0 aliphatic carbocycles. The van der Waals surface area contributed by atoms with Crippen LogP contribution < -0.4 is 10.6 Å². The number of anilines is 1. The van der Waals surface area contributed by atoms with Crippen LogP contribution in [0, 0.1) is 5.92 Å². The molecule has 0 saturated heterocycles. The maximum atomic E-state index is 11.7. The fourth-order valence-electron chi connectivity index (χ4n) is 1.49. The predicted molar refractivity (Wildman–Crippen MR) is 67.5 cm³/mol. The average molecular weight is 220 g/mol. The zero-order chi connectivity index (χ0) is 12.0. The Morgan fingerprint density at radius 2 is 1.94 bits per heavy atom. The first-order valence-electron chi connectivity index (χ1n) is 5.71. The second-order valence-electron chi connectivity index (χ2n) is 4.00. The van der Waals surface area contributed by atoms with E-state index in [1.807, 2.05) is 38.2 Å². The first-order valence-corrected chi connectivity index (χ1v) is 5.71. The van der Waals surface area contributed by atoms with Gasteiger partial charge in [-0.15, -0.1) is 0 Å². The number of hydrogen-bond acceptors (Lipinski definition) is 2. The van der Waals surface area contributed by atoms with Gasteiger partial charge in [0.15, 0.2) is 0 Å². The molecule has 0 fully saturated rings. The summed E-state index contributed by atoms with van der Waals surface area (Å²) in [4.78, 5) is 11.7. The molecule has 0 saturated carbocycles. The standard InChI is InChI=1S/C13H20N2O/c1-4-11-5-7-12(8-6-11)15-13(16)10(2)9-14-3/h5-8,10,14H,4,9H2,1-3H3,(H,15,16). The van der Waals surface area contributed by atoms with Crippen molar-refractivity contribution in [3.63, 3.8) is 0 Å². The molecule has 0 spiro atoms. The van der Waals surface area contributed by atoms with Crippen molar-refractivity contribution < 1.29 is 4.79 Å². The van der Waals surface area contributed by atoms with Gasteiger partial charge in [-0.2, -0.15) is 0 Å². The highest BCUT2D eigenvalue weighted by Gasteiger charge is 2.11. The quantitative estimate of drug-likeness (QED) is 0.797. The van der Waals surface area contributed by atoms with Crippen molar-refractivity contribution in [3.8, 4) is 0 Å². The molecule has 1 aromatic carbocycles. The van der Waals surface area contributed by atoms with E-state index in [2.05, 4.69) is 17.6 Å². The third-order valence-electron chi connectivity index (χ3n) is 2.59. The Balaban J connectivity index is 2.55. The van der Waals surface area contributed by atoms with Crippen LogP contribution in [0.5, 0.6) is 0 Å². The SMILES string of the molecule is CCc1ccc(NC(=O)C(C)CNC)cc1. The molecule has 2 N–H and O–H groups in total. The topological polar surface area (TPSA) is 41.1 Å². The van der Waals surface area contributed by atoms with Crippen LogP contribution in [0.15, 0.2) is 24.3 Å². The lowest BCUT2D eigenvalue weighted by molar-refractivity contribution is -0.119. The van der Waals surface area contributed by atoms with Gasteiger partial charge in [-0.1, -0.05) is 26.0 Å². The number of nitrogens with one attached hydrogen (secondary N) is 2. The van der Waals surface area contributed by atoms with Crippen molar-refractivity contribution in [2.75, 3.05) is 18.9 Å². The second-order valence-corrected chi connectivity index (χ2v) is 4.00. The summed E-state index contributed by atoms with van der Waals surface area (Å²) in [7, 11) is 1.85. The Bertz CT molecular complexity index is 332. The van der Waals surface area contributed by atoms with Gasteiger partial charge in [-0.3, -0.25) is 4.79 Å². The number of benzene rings is 1. The van der Waals surface area contributed by atoms with Crippen LogP contribution >= 0.6 is 0 Å². The van der Waals surface area contributed by atoms with Gasteiger partial charge in [-0.25, -0.2) is 0 Å². The van der Waals surface area contributed by atoms with E-state index in [9.17, 15) is 4.79 Å². The van der Waals surface area contributed by atoms with Crippen LogP contribution in [0.2, 0.25) is 0 Å². The summed E-state index contributed by atoms with van der Waals surface area (Å²) in [6.45, 7) is 4.72. The number of hydrogen-bond donors (Lipinski definition) is 2. The van der Waals surface area contributed by atoms with Crippen molar-refractivity contribution in [2.45, 2.75) is 20.3 Å². The minimum absolute atomic E-state index is 0.0177. The van der Waals surface area contributed by atoms with Crippen molar-refractivity contribution in [2.24, 2.45) is 5.92 Å². The van der Waals surface area contributed by atoms with Gasteiger partial charge in [0.1, 0.15) is 0 Å². The lowest BCUT2D eigenvalue weighted by Gasteiger charge is -2.11. The van der Waals surface area contributed by atoms with E-state index < -0.39 is 0 Å². The van der Waals surface area contributed by atoms with Gasteiger partial charge >= 0.3 is 0 Å². The molecule has 0 bridgehead atoms. The van der Waals surface area contributed by atoms with E-state index in [0.717, 1.165) is 12.1 Å².